The summed E-state index contributed by atoms with van der Waals surface area (Å²) in [4.78, 5) is 11.1. The number of amides is 1. The number of hydrogen-bond donors (Lipinski definition) is 2. The molecule has 1 aliphatic rings. The van der Waals surface area contributed by atoms with Gasteiger partial charge in [-0.2, -0.15) is 0 Å². The van der Waals surface area contributed by atoms with Crippen molar-refractivity contribution in [3.63, 3.8) is 0 Å². The molecule has 0 saturated heterocycles. The molecule has 1 heterocycles. The van der Waals surface area contributed by atoms with Crippen molar-refractivity contribution in [1.82, 2.24) is 5.32 Å². The largest absolute Gasteiger partial charge is 0.326 e. The number of nitrogens with one attached hydrogen (secondary N) is 2. The van der Waals surface area contributed by atoms with E-state index in [9.17, 15) is 4.79 Å². The molecule has 3 heteroatoms. The van der Waals surface area contributed by atoms with Crippen LogP contribution in [-0.4, -0.2) is 12.5 Å². The fourth-order valence-corrected chi connectivity index (χ4v) is 1.66. The van der Waals surface area contributed by atoms with Crippen LogP contribution in [0.15, 0.2) is 18.2 Å². The first-order valence-corrected chi connectivity index (χ1v) is 4.92. The predicted molar refractivity (Wildman–Crippen MR) is 56.2 cm³/mol. The molecule has 0 bridgehead atoms. The van der Waals surface area contributed by atoms with Gasteiger partial charge in [-0.25, -0.2) is 0 Å². The van der Waals surface area contributed by atoms with E-state index in [0.717, 1.165) is 24.3 Å². The summed E-state index contributed by atoms with van der Waals surface area (Å²) in [7, 11) is 0. The summed E-state index contributed by atoms with van der Waals surface area (Å²) in [5, 5.41) is 6.08. The third kappa shape index (κ3) is 1.77. The lowest BCUT2D eigenvalue weighted by Crippen LogP contribution is -2.11. The molecular weight excluding hydrogens is 176 g/mol. The fraction of sp³-hybridized carbons (Fsp3) is 0.364. The standard InChI is InChI=1S/C11H14N2O/c1-2-12-7-8-3-4-10-9(5-8)6-11(14)13-10/h3-5,12H,2,6-7H2,1H3,(H,13,14). The zero-order chi connectivity index (χ0) is 9.97. The van der Waals surface area contributed by atoms with Gasteiger partial charge in [0.15, 0.2) is 0 Å². The summed E-state index contributed by atoms with van der Waals surface area (Å²) in [5.74, 6) is 0.0978. The Morgan fingerprint density at radius 2 is 2.36 bits per heavy atom. The second-order valence-electron chi connectivity index (χ2n) is 3.50. The van der Waals surface area contributed by atoms with Crippen molar-refractivity contribution in [2.45, 2.75) is 19.9 Å². The molecule has 0 atom stereocenters. The normalized spacial score (nSPS) is 13.9. The Morgan fingerprint density at radius 3 is 3.14 bits per heavy atom. The summed E-state index contributed by atoms with van der Waals surface area (Å²) >= 11 is 0. The molecular formula is C11H14N2O. The third-order valence-corrected chi connectivity index (χ3v) is 2.37. The zero-order valence-electron chi connectivity index (χ0n) is 8.26. The molecule has 1 aliphatic heterocycles. The molecule has 74 valence electrons. The zero-order valence-corrected chi connectivity index (χ0v) is 8.26. The molecule has 3 nitrogen and oxygen atoms in total. The van der Waals surface area contributed by atoms with Crippen molar-refractivity contribution in [2.75, 3.05) is 11.9 Å². The van der Waals surface area contributed by atoms with E-state index >= 15 is 0 Å². The second kappa shape index (κ2) is 3.80. The summed E-state index contributed by atoms with van der Waals surface area (Å²) < 4.78 is 0. The van der Waals surface area contributed by atoms with Crippen LogP contribution in [0.5, 0.6) is 0 Å². The SMILES string of the molecule is CCNCc1ccc2c(c1)CC(=O)N2. The van der Waals surface area contributed by atoms with Crippen LogP contribution in [0, 0.1) is 0 Å². The highest BCUT2D eigenvalue weighted by molar-refractivity contribution is 5.99. The van der Waals surface area contributed by atoms with Crippen molar-refractivity contribution >= 4 is 11.6 Å². The number of fused-ring (bicyclic) bond motifs is 1. The van der Waals surface area contributed by atoms with Crippen LogP contribution in [0.25, 0.3) is 0 Å². The Hall–Kier alpha value is -1.35. The van der Waals surface area contributed by atoms with Crippen LogP contribution >= 0.6 is 0 Å². The van der Waals surface area contributed by atoms with Crippen LogP contribution < -0.4 is 10.6 Å². The van der Waals surface area contributed by atoms with E-state index in [1.807, 2.05) is 12.1 Å². The minimum absolute atomic E-state index is 0.0978. The highest BCUT2D eigenvalue weighted by atomic mass is 16.1. The van der Waals surface area contributed by atoms with Gasteiger partial charge in [-0.3, -0.25) is 4.79 Å². The summed E-state index contributed by atoms with van der Waals surface area (Å²) in [6.45, 7) is 3.92. The molecule has 2 rings (SSSR count). The maximum absolute atomic E-state index is 11.1. The Morgan fingerprint density at radius 1 is 1.50 bits per heavy atom. The fourth-order valence-electron chi connectivity index (χ4n) is 1.66. The topological polar surface area (TPSA) is 41.1 Å². The average Bonchev–Trinajstić information content (AvgIpc) is 2.54. The van der Waals surface area contributed by atoms with Gasteiger partial charge in [0.1, 0.15) is 0 Å². The quantitative estimate of drug-likeness (QED) is 0.754. The van der Waals surface area contributed by atoms with Crippen molar-refractivity contribution in [3.05, 3.63) is 29.3 Å². The van der Waals surface area contributed by atoms with Gasteiger partial charge in [-0.15, -0.1) is 0 Å². The average molecular weight is 190 g/mol. The van der Waals surface area contributed by atoms with Gasteiger partial charge >= 0.3 is 0 Å². The predicted octanol–water partition coefficient (Wildman–Crippen LogP) is 1.29. The van der Waals surface area contributed by atoms with Crippen LogP contribution in [0.3, 0.4) is 0 Å². The van der Waals surface area contributed by atoms with Crippen molar-refractivity contribution in [3.8, 4) is 0 Å². The van der Waals surface area contributed by atoms with Crippen LogP contribution in [0.4, 0.5) is 5.69 Å². The molecule has 2 N–H and O–H groups in total. The lowest BCUT2D eigenvalue weighted by molar-refractivity contribution is -0.115. The number of carbonyl (C=O) groups is 1. The van der Waals surface area contributed by atoms with Gasteiger partial charge < -0.3 is 10.6 Å². The monoisotopic (exact) mass is 190 g/mol. The molecule has 14 heavy (non-hydrogen) atoms. The van der Waals surface area contributed by atoms with E-state index in [-0.39, 0.29) is 5.91 Å². The maximum Gasteiger partial charge on any atom is 0.228 e. The Kier molecular flexibility index (Phi) is 2.50. The van der Waals surface area contributed by atoms with Crippen LogP contribution in [-0.2, 0) is 17.8 Å². The minimum atomic E-state index is 0.0978. The lowest BCUT2D eigenvalue weighted by atomic mass is 10.1. The first kappa shape index (κ1) is 9.21. The number of anilines is 1. The van der Waals surface area contributed by atoms with Gasteiger partial charge in [0.2, 0.25) is 5.91 Å². The number of rotatable bonds is 3. The first-order chi connectivity index (χ1) is 6.79. The Bertz CT molecular complexity index is 360. The molecule has 1 aromatic rings. The van der Waals surface area contributed by atoms with E-state index in [2.05, 4.69) is 23.6 Å². The summed E-state index contributed by atoms with van der Waals surface area (Å²) in [6.07, 6.45) is 0.523. The minimum Gasteiger partial charge on any atom is -0.326 e. The molecule has 0 radical (unpaired) electrons. The Balaban J connectivity index is 2.16. The molecule has 0 spiro atoms. The van der Waals surface area contributed by atoms with Gasteiger partial charge in [-0.1, -0.05) is 19.1 Å². The molecule has 0 fully saturated rings. The molecule has 1 amide bonds. The lowest BCUT2D eigenvalue weighted by Gasteiger charge is -2.04. The number of carbonyl (C=O) groups excluding carboxylic acids is 1. The van der Waals surface area contributed by atoms with E-state index in [1.165, 1.54) is 5.56 Å². The molecule has 0 saturated carbocycles. The van der Waals surface area contributed by atoms with Crippen molar-refractivity contribution < 1.29 is 4.79 Å². The number of benzene rings is 1. The maximum atomic E-state index is 11.1. The molecule has 0 unspecified atom stereocenters. The molecule has 1 aromatic carbocycles. The highest BCUT2D eigenvalue weighted by Gasteiger charge is 2.16. The molecule has 0 aliphatic carbocycles. The smallest absolute Gasteiger partial charge is 0.228 e. The van der Waals surface area contributed by atoms with Gasteiger partial charge in [0.25, 0.3) is 0 Å². The first-order valence-electron chi connectivity index (χ1n) is 4.92. The molecule has 0 aromatic heterocycles. The van der Waals surface area contributed by atoms with E-state index in [1.54, 1.807) is 0 Å². The summed E-state index contributed by atoms with van der Waals surface area (Å²) in [5.41, 5.74) is 3.32. The van der Waals surface area contributed by atoms with Gasteiger partial charge in [-0.05, 0) is 23.7 Å². The Labute approximate surface area is 83.5 Å². The summed E-state index contributed by atoms with van der Waals surface area (Å²) in [6, 6.07) is 6.12. The van der Waals surface area contributed by atoms with E-state index in [4.69, 9.17) is 0 Å². The van der Waals surface area contributed by atoms with E-state index < -0.39 is 0 Å². The third-order valence-electron chi connectivity index (χ3n) is 2.37. The van der Waals surface area contributed by atoms with Crippen molar-refractivity contribution in [1.29, 1.82) is 0 Å². The van der Waals surface area contributed by atoms with E-state index in [0.29, 0.717) is 6.42 Å². The van der Waals surface area contributed by atoms with Gasteiger partial charge in [0.05, 0.1) is 6.42 Å². The second-order valence-corrected chi connectivity index (χ2v) is 3.50. The van der Waals surface area contributed by atoms with Crippen molar-refractivity contribution in [2.24, 2.45) is 0 Å². The van der Waals surface area contributed by atoms with Crippen LogP contribution in [0.2, 0.25) is 0 Å². The highest BCUT2D eigenvalue weighted by Crippen LogP contribution is 2.23. The number of hydrogen-bond acceptors (Lipinski definition) is 2. The van der Waals surface area contributed by atoms with Crippen LogP contribution in [0.1, 0.15) is 18.1 Å². The van der Waals surface area contributed by atoms with Gasteiger partial charge in [0, 0.05) is 12.2 Å².